The molecular formula is C30H53NO6S. The van der Waals surface area contributed by atoms with Gasteiger partial charge in [0.2, 0.25) is 5.91 Å². The normalized spacial score (nSPS) is 15.2. The molecule has 3 unspecified atom stereocenters. The van der Waals surface area contributed by atoms with Crippen LogP contribution in [0.15, 0.2) is 48.6 Å². The lowest BCUT2D eigenvalue weighted by Gasteiger charge is -2.22. The van der Waals surface area contributed by atoms with Crippen molar-refractivity contribution in [3.05, 3.63) is 48.6 Å². The molecule has 0 saturated heterocycles. The summed E-state index contributed by atoms with van der Waals surface area (Å²) in [4.78, 5) is 12.4. The van der Waals surface area contributed by atoms with Gasteiger partial charge in [-0.3, -0.25) is 9.35 Å². The third kappa shape index (κ3) is 23.4. The number of aliphatic hydroxyl groups excluding tert-OH is 2. The van der Waals surface area contributed by atoms with Gasteiger partial charge in [0.15, 0.2) is 0 Å². The predicted octanol–water partition coefficient (Wildman–Crippen LogP) is 6.20. The smallest absolute Gasteiger partial charge is 0.267 e. The van der Waals surface area contributed by atoms with Crippen LogP contribution in [0.1, 0.15) is 110 Å². The van der Waals surface area contributed by atoms with E-state index in [4.69, 9.17) is 0 Å². The minimum atomic E-state index is -4.45. The van der Waals surface area contributed by atoms with Crippen LogP contribution in [0, 0.1) is 0 Å². The van der Waals surface area contributed by atoms with E-state index < -0.39 is 40.0 Å². The zero-order valence-corrected chi connectivity index (χ0v) is 24.5. The Kier molecular flexibility index (Phi) is 23.2. The van der Waals surface area contributed by atoms with Gasteiger partial charge in [-0.2, -0.15) is 8.42 Å². The molecule has 0 aromatic carbocycles. The third-order valence-electron chi connectivity index (χ3n) is 6.10. The van der Waals surface area contributed by atoms with Crippen LogP contribution < -0.4 is 5.32 Å². The second-order valence-electron chi connectivity index (χ2n) is 9.81. The van der Waals surface area contributed by atoms with Crippen molar-refractivity contribution in [2.24, 2.45) is 0 Å². The lowest BCUT2D eigenvalue weighted by Crippen LogP contribution is -2.50. The molecule has 0 aromatic rings. The standard InChI is InChI=1S/C30H53NO6S/c1-3-5-7-9-11-13-14-15-17-19-21-23-25-29(33)30(34)31-27(26-38(35,36)37)28(32)24-22-20-18-16-12-10-8-6-4-2/h12,15-17,21-24,27-29,32-33H,3-11,13-14,18-20,25-26H2,1-2H3,(H,31,34)(H,35,36,37)/b16-12+,17-15-,23-21-,24-22+. The van der Waals surface area contributed by atoms with E-state index in [9.17, 15) is 28.0 Å². The first-order valence-corrected chi connectivity index (χ1v) is 16.1. The summed E-state index contributed by atoms with van der Waals surface area (Å²) >= 11 is 0. The van der Waals surface area contributed by atoms with Crippen LogP contribution in [-0.2, 0) is 14.9 Å². The summed E-state index contributed by atoms with van der Waals surface area (Å²) in [5.41, 5.74) is 0. The fourth-order valence-corrected chi connectivity index (χ4v) is 4.54. The molecule has 1 amide bonds. The van der Waals surface area contributed by atoms with Crippen LogP contribution in [0.3, 0.4) is 0 Å². The number of aliphatic hydroxyl groups is 2. The maximum atomic E-state index is 12.4. The van der Waals surface area contributed by atoms with Crippen molar-refractivity contribution in [1.29, 1.82) is 0 Å². The van der Waals surface area contributed by atoms with E-state index in [0.29, 0.717) is 12.8 Å². The molecule has 7 nitrogen and oxygen atoms in total. The Morgan fingerprint density at radius 1 is 0.737 bits per heavy atom. The molecule has 0 saturated carbocycles. The molecule has 0 aliphatic rings. The predicted molar refractivity (Wildman–Crippen MR) is 158 cm³/mol. The number of nitrogens with one attached hydrogen (secondary N) is 1. The van der Waals surface area contributed by atoms with Gasteiger partial charge in [-0.05, 0) is 44.9 Å². The molecule has 0 aromatic heterocycles. The molecule has 0 fully saturated rings. The van der Waals surface area contributed by atoms with E-state index in [0.717, 1.165) is 25.7 Å². The highest BCUT2D eigenvalue weighted by Gasteiger charge is 2.27. The van der Waals surface area contributed by atoms with Gasteiger partial charge >= 0.3 is 0 Å². The number of rotatable bonds is 24. The molecule has 8 heteroatoms. The van der Waals surface area contributed by atoms with Crippen LogP contribution in [0.4, 0.5) is 0 Å². The van der Waals surface area contributed by atoms with Gasteiger partial charge in [-0.1, -0.05) is 107 Å². The third-order valence-corrected chi connectivity index (χ3v) is 6.88. The maximum absolute atomic E-state index is 12.4. The summed E-state index contributed by atoms with van der Waals surface area (Å²) in [6, 6.07) is -1.28. The summed E-state index contributed by atoms with van der Waals surface area (Å²) in [6.07, 6.45) is 27.8. The molecule has 38 heavy (non-hydrogen) atoms. The highest BCUT2D eigenvalue weighted by Crippen LogP contribution is 2.08. The number of carbonyl (C=O) groups is 1. The van der Waals surface area contributed by atoms with E-state index in [-0.39, 0.29) is 6.42 Å². The Balaban J connectivity index is 4.47. The van der Waals surface area contributed by atoms with Crippen LogP contribution in [0.5, 0.6) is 0 Å². The van der Waals surface area contributed by atoms with Gasteiger partial charge < -0.3 is 15.5 Å². The Bertz CT molecular complexity index is 804. The summed E-state index contributed by atoms with van der Waals surface area (Å²) in [5, 5.41) is 22.9. The molecule has 0 rings (SSSR count). The highest BCUT2D eigenvalue weighted by atomic mass is 32.2. The maximum Gasteiger partial charge on any atom is 0.267 e. The minimum absolute atomic E-state index is 0.0617. The summed E-state index contributed by atoms with van der Waals surface area (Å²) in [5.74, 6) is -1.66. The summed E-state index contributed by atoms with van der Waals surface area (Å²) in [7, 11) is -4.45. The van der Waals surface area contributed by atoms with Gasteiger partial charge in [0.05, 0.1) is 17.9 Å². The monoisotopic (exact) mass is 555 g/mol. The first-order valence-electron chi connectivity index (χ1n) is 14.4. The first kappa shape index (κ1) is 36.3. The number of hydrogen-bond donors (Lipinski definition) is 4. The van der Waals surface area contributed by atoms with Crippen LogP contribution >= 0.6 is 0 Å². The van der Waals surface area contributed by atoms with Crippen molar-refractivity contribution in [1.82, 2.24) is 5.32 Å². The topological polar surface area (TPSA) is 124 Å². The van der Waals surface area contributed by atoms with Crippen LogP contribution in [0.25, 0.3) is 0 Å². The van der Waals surface area contributed by atoms with Crippen molar-refractivity contribution >= 4 is 16.0 Å². The SMILES string of the molecule is CCCCC/C=C/CC/C=C/C(O)C(CS(=O)(=O)O)NC(=O)C(O)C/C=C\C/C=C\CCCCCCCC. The van der Waals surface area contributed by atoms with E-state index in [1.54, 1.807) is 12.2 Å². The molecule has 0 radical (unpaired) electrons. The fourth-order valence-electron chi connectivity index (χ4n) is 3.81. The molecule has 220 valence electrons. The number of amides is 1. The van der Waals surface area contributed by atoms with Crippen LogP contribution in [-0.4, -0.2) is 53.1 Å². The Morgan fingerprint density at radius 3 is 1.95 bits per heavy atom. The van der Waals surface area contributed by atoms with Crippen molar-refractivity contribution < 1.29 is 28.0 Å². The zero-order valence-electron chi connectivity index (χ0n) is 23.6. The highest BCUT2D eigenvalue weighted by molar-refractivity contribution is 7.85. The minimum Gasteiger partial charge on any atom is -0.387 e. The quantitative estimate of drug-likeness (QED) is 0.0639. The molecule has 0 spiro atoms. The lowest BCUT2D eigenvalue weighted by atomic mass is 10.1. The number of unbranched alkanes of at least 4 members (excludes halogenated alkanes) is 10. The van der Waals surface area contributed by atoms with Crippen LogP contribution in [0.2, 0.25) is 0 Å². The Morgan fingerprint density at radius 2 is 1.26 bits per heavy atom. The Labute approximate surface area is 231 Å². The van der Waals surface area contributed by atoms with Gasteiger partial charge in [-0.15, -0.1) is 0 Å². The van der Waals surface area contributed by atoms with E-state index >= 15 is 0 Å². The molecule has 0 heterocycles. The number of allylic oxidation sites excluding steroid dienone is 6. The van der Waals surface area contributed by atoms with Gasteiger partial charge in [0.25, 0.3) is 10.1 Å². The number of carbonyl (C=O) groups excluding carboxylic acids is 1. The van der Waals surface area contributed by atoms with E-state index in [2.05, 4.69) is 43.5 Å². The average molecular weight is 556 g/mol. The Hall–Kier alpha value is -1.74. The fraction of sp³-hybridized carbons (Fsp3) is 0.700. The van der Waals surface area contributed by atoms with Crippen molar-refractivity contribution in [2.75, 3.05) is 5.75 Å². The molecule has 3 atom stereocenters. The molecule has 0 aliphatic carbocycles. The summed E-state index contributed by atoms with van der Waals surface area (Å²) < 4.78 is 32.0. The van der Waals surface area contributed by atoms with Gasteiger partial charge in [-0.25, -0.2) is 0 Å². The average Bonchev–Trinajstić information content (AvgIpc) is 2.86. The second kappa shape index (κ2) is 24.3. The van der Waals surface area contributed by atoms with Crippen molar-refractivity contribution in [3.63, 3.8) is 0 Å². The molecular weight excluding hydrogens is 502 g/mol. The zero-order chi connectivity index (χ0) is 28.5. The molecule has 4 N–H and O–H groups in total. The van der Waals surface area contributed by atoms with Gasteiger partial charge in [0, 0.05) is 6.42 Å². The molecule has 0 bridgehead atoms. The van der Waals surface area contributed by atoms with Gasteiger partial charge in [0.1, 0.15) is 6.10 Å². The van der Waals surface area contributed by atoms with Crippen molar-refractivity contribution in [2.45, 2.75) is 128 Å². The number of hydrogen-bond acceptors (Lipinski definition) is 5. The lowest BCUT2D eigenvalue weighted by molar-refractivity contribution is -0.130. The van der Waals surface area contributed by atoms with E-state index in [1.165, 1.54) is 57.4 Å². The van der Waals surface area contributed by atoms with E-state index in [1.807, 2.05) is 6.08 Å². The van der Waals surface area contributed by atoms with Crippen molar-refractivity contribution in [3.8, 4) is 0 Å². The second-order valence-corrected chi connectivity index (χ2v) is 11.3. The molecule has 0 aliphatic heterocycles. The largest absolute Gasteiger partial charge is 0.387 e. The summed E-state index contributed by atoms with van der Waals surface area (Å²) in [6.45, 7) is 4.37. The first-order chi connectivity index (χ1) is 18.2.